The molecule has 5 nitrogen and oxygen atoms in total. The molecule has 2 aromatic carbocycles. The molecule has 3 rings (SSSR count). The number of methoxy groups -OCH3 is 1. The predicted octanol–water partition coefficient (Wildman–Crippen LogP) is 2.43. The molecule has 23 heavy (non-hydrogen) atoms. The third kappa shape index (κ3) is 3.21. The van der Waals surface area contributed by atoms with E-state index in [1.807, 2.05) is 12.1 Å². The van der Waals surface area contributed by atoms with Crippen LogP contribution in [0.1, 0.15) is 12.5 Å². The molecule has 0 aliphatic rings. The molecule has 1 unspecified atom stereocenters. The lowest BCUT2D eigenvalue weighted by Gasteiger charge is -2.08. The second-order valence-corrected chi connectivity index (χ2v) is 5.60. The quantitative estimate of drug-likeness (QED) is 0.708. The number of nitrogens with one attached hydrogen (secondary N) is 1. The van der Waals surface area contributed by atoms with Gasteiger partial charge in [0.1, 0.15) is 16.9 Å². The summed E-state index contributed by atoms with van der Waals surface area (Å²) in [6.07, 6.45) is -0.403. The van der Waals surface area contributed by atoms with E-state index in [1.54, 1.807) is 38.3 Å². The molecule has 1 atom stereocenters. The highest BCUT2D eigenvalue weighted by Crippen LogP contribution is 2.23. The van der Waals surface area contributed by atoms with Crippen molar-refractivity contribution in [2.45, 2.75) is 19.6 Å². The van der Waals surface area contributed by atoms with Crippen molar-refractivity contribution in [2.75, 3.05) is 13.7 Å². The first kappa shape index (κ1) is 15.5. The summed E-state index contributed by atoms with van der Waals surface area (Å²) in [6, 6.07) is 10.7. The van der Waals surface area contributed by atoms with Gasteiger partial charge in [0.2, 0.25) is 5.43 Å². The van der Waals surface area contributed by atoms with Crippen LogP contribution >= 0.6 is 0 Å². The first-order chi connectivity index (χ1) is 11.1. The van der Waals surface area contributed by atoms with E-state index in [0.29, 0.717) is 40.8 Å². The SMILES string of the molecule is COc1ccc2c(=O)c3cc(CNCC(C)O)ccc3oc2c1. The van der Waals surface area contributed by atoms with Crippen LogP contribution in [0.25, 0.3) is 21.9 Å². The zero-order chi connectivity index (χ0) is 16.4. The minimum Gasteiger partial charge on any atom is -0.497 e. The van der Waals surface area contributed by atoms with Crippen molar-refractivity contribution >= 4 is 21.9 Å². The number of fused-ring (bicyclic) bond motifs is 2. The summed E-state index contributed by atoms with van der Waals surface area (Å²) in [4.78, 5) is 12.7. The monoisotopic (exact) mass is 313 g/mol. The average molecular weight is 313 g/mol. The Labute approximate surface area is 133 Å². The zero-order valence-electron chi connectivity index (χ0n) is 13.1. The van der Waals surface area contributed by atoms with E-state index in [9.17, 15) is 9.90 Å². The van der Waals surface area contributed by atoms with Crippen LogP contribution in [0, 0.1) is 0 Å². The standard InChI is InChI=1S/C18H19NO4/c1-11(20)9-19-10-12-3-6-16-15(7-12)18(21)14-5-4-13(22-2)8-17(14)23-16/h3-8,11,19-20H,9-10H2,1-2H3. The molecule has 0 saturated carbocycles. The number of benzene rings is 2. The summed E-state index contributed by atoms with van der Waals surface area (Å²) in [6.45, 7) is 2.81. The Kier molecular flexibility index (Phi) is 4.32. The number of hydrogen-bond acceptors (Lipinski definition) is 5. The van der Waals surface area contributed by atoms with Gasteiger partial charge < -0.3 is 19.6 Å². The molecule has 1 aromatic heterocycles. The van der Waals surface area contributed by atoms with E-state index in [0.717, 1.165) is 5.56 Å². The van der Waals surface area contributed by atoms with Gasteiger partial charge in [-0.05, 0) is 36.8 Å². The lowest BCUT2D eigenvalue weighted by molar-refractivity contribution is 0.191. The van der Waals surface area contributed by atoms with Crippen molar-refractivity contribution in [1.29, 1.82) is 0 Å². The first-order valence-electron chi connectivity index (χ1n) is 7.51. The molecule has 0 aliphatic carbocycles. The Balaban J connectivity index is 2.03. The fraction of sp³-hybridized carbons (Fsp3) is 0.278. The van der Waals surface area contributed by atoms with Crippen LogP contribution in [0.15, 0.2) is 45.6 Å². The third-order valence-corrected chi connectivity index (χ3v) is 3.71. The van der Waals surface area contributed by atoms with E-state index in [2.05, 4.69) is 5.32 Å². The van der Waals surface area contributed by atoms with Crippen LogP contribution in [0.5, 0.6) is 5.75 Å². The fourth-order valence-corrected chi connectivity index (χ4v) is 2.54. The van der Waals surface area contributed by atoms with Gasteiger partial charge in [0, 0.05) is 19.2 Å². The number of ether oxygens (including phenoxy) is 1. The maximum Gasteiger partial charge on any atom is 0.200 e. The molecule has 2 N–H and O–H groups in total. The third-order valence-electron chi connectivity index (χ3n) is 3.71. The van der Waals surface area contributed by atoms with Gasteiger partial charge in [0.15, 0.2) is 0 Å². The highest BCUT2D eigenvalue weighted by Gasteiger charge is 2.09. The van der Waals surface area contributed by atoms with Crippen molar-refractivity contribution in [1.82, 2.24) is 5.32 Å². The molecule has 0 bridgehead atoms. The summed E-state index contributed by atoms with van der Waals surface area (Å²) >= 11 is 0. The van der Waals surface area contributed by atoms with E-state index < -0.39 is 6.10 Å². The predicted molar refractivity (Wildman–Crippen MR) is 89.9 cm³/mol. The molecular weight excluding hydrogens is 294 g/mol. The summed E-state index contributed by atoms with van der Waals surface area (Å²) in [5.41, 5.74) is 1.98. The molecule has 0 fully saturated rings. The van der Waals surface area contributed by atoms with Gasteiger partial charge in [-0.1, -0.05) is 6.07 Å². The second kappa shape index (κ2) is 6.40. The van der Waals surface area contributed by atoms with Crippen molar-refractivity contribution in [3.8, 4) is 5.75 Å². The van der Waals surface area contributed by atoms with Crippen molar-refractivity contribution in [2.24, 2.45) is 0 Å². The number of rotatable bonds is 5. The Hall–Kier alpha value is -2.37. The van der Waals surface area contributed by atoms with E-state index >= 15 is 0 Å². The van der Waals surface area contributed by atoms with Crippen LogP contribution in [-0.4, -0.2) is 24.9 Å². The summed E-state index contributed by atoms with van der Waals surface area (Å²) in [5.74, 6) is 0.652. The lowest BCUT2D eigenvalue weighted by Crippen LogP contribution is -2.23. The van der Waals surface area contributed by atoms with E-state index in [-0.39, 0.29) is 5.43 Å². The lowest BCUT2D eigenvalue weighted by atomic mass is 10.1. The largest absolute Gasteiger partial charge is 0.497 e. The van der Waals surface area contributed by atoms with Crippen LogP contribution in [0.2, 0.25) is 0 Å². The van der Waals surface area contributed by atoms with Gasteiger partial charge in [-0.25, -0.2) is 0 Å². The molecule has 5 heteroatoms. The maximum atomic E-state index is 12.7. The Bertz CT molecular complexity index is 899. The van der Waals surface area contributed by atoms with Gasteiger partial charge in [-0.2, -0.15) is 0 Å². The van der Waals surface area contributed by atoms with E-state index in [4.69, 9.17) is 9.15 Å². The van der Waals surface area contributed by atoms with Gasteiger partial charge in [-0.15, -0.1) is 0 Å². The number of aliphatic hydroxyl groups is 1. The average Bonchev–Trinajstić information content (AvgIpc) is 2.54. The van der Waals surface area contributed by atoms with Gasteiger partial charge in [0.05, 0.1) is 24.0 Å². The summed E-state index contributed by atoms with van der Waals surface area (Å²) in [5, 5.41) is 13.5. The van der Waals surface area contributed by atoms with Crippen LogP contribution in [-0.2, 0) is 6.54 Å². The molecule has 0 spiro atoms. The molecule has 0 amide bonds. The molecule has 3 aromatic rings. The maximum absolute atomic E-state index is 12.7. The molecular formula is C18H19NO4. The Morgan fingerprint density at radius 2 is 2.00 bits per heavy atom. The van der Waals surface area contributed by atoms with Gasteiger partial charge >= 0.3 is 0 Å². The summed E-state index contributed by atoms with van der Waals surface area (Å²) in [7, 11) is 1.58. The Morgan fingerprint density at radius 1 is 1.17 bits per heavy atom. The molecule has 1 heterocycles. The number of hydrogen-bond donors (Lipinski definition) is 2. The molecule has 0 radical (unpaired) electrons. The molecule has 120 valence electrons. The first-order valence-corrected chi connectivity index (χ1v) is 7.51. The zero-order valence-corrected chi connectivity index (χ0v) is 13.1. The highest BCUT2D eigenvalue weighted by molar-refractivity contribution is 5.90. The topological polar surface area (TPSA) is 71.7 Å². The fourth-order valence-electron chi connectivity index (χ4n) is 2.54. The minimum atomic E-state index is -0.403. The minimum absolute atomic E-state index is 0.0544. The summed E-state index contributed by atoms with van der Waals surface area (Å²) < 4.78 is 11.0. The molecule has 0 saturated heterocycles. The van der Waals surface area contributed by atoms with Crippen LogP contribution in [0.4, 0.5) is 0 Å². The van der Waals surface area contributed by atoms with Crippen LogP contribution < -0.4 is 15.5 Å². The number of aliphatic hydroxyl groups excluding tert-OH is 1. The second-order valence-electron chi connectivity index (χ2n) is 5.60. The van der Waals surface area contributed by atoms with Crippen LogP contribution in [0.3, 0.4) is 0 Å². The smallest absolute Gasteiger partial charge is 0.200 e. The van der Waals surface area contributed by atoms with Gasteiger partial charge in [0.25, 0.3) is 0 Å². The Morgan fingerprint density at radius 3 is 2.74 bits per heavy atom. The normalized spacial score (nSPS) is 12.7. The van der Waals surface area contributed by atoms with Crippen molar-refractivity contribution < 1.29 is 14.3 Å². The molecule has 0 aliphatic heterocycles. The van der Waals surface area contributed by atoms with Crippen molar-refractivity contribution in [3.63, 3.8) is 0 Å². The van der Waals surface area contributed by atoms with Gasteiger partial charge in [-0.3, -0.25) is 4.79 Å². The highest BCUT2D eigenvalue weighted by atomic mass is 16.5. The van der Waals surface area contributed by atoms with E-state index in [1.165, 1.54) is 0 Å². The van der Waals surface area contributed by atoms with Crippen molar-refractivity contribution in [3.05, 3.63) is 52.2 Å².